The van der Waals surface area contributed by atoms with Crippen molar-refractivity contribution in [1.29, 1.82) is 0 Å². The number of hydrogen-bond donors (Lipinski definition) is 1. The van der Waals surface area contributed by atoms with Crippen LogP contribution < -0.4 is 10.5 Å². The van der Waals surface area contributed by atoms with Crippen molar-refractivity contribution in [2.45, 2.75) is 44.1 Å². The molecule has 8 nitrogen and oxygen atoms in total. The van der Waals surface area contributed by atoms with Gasteiger partial charge in [0.2, 0.25) is 5.91 Å². The highest BCUT2D eigenvalue weighted by Gasteiger charge is 2.43. The Morgan fingerprint density at radius 2 is 1.93 bits per heavy atom. The summed E-state index contributed by atoms with van der Waals surface area (Å²) >= 11 is 0. The van der Waals surface area contributed by atoms with Crippen LogP contribution in [0.4, 0.5) is 22.0 Å². The molecule has 1 aromatic heterocycles. The largest absolute Gasteiger partial charge is 0.489 e. The van der Waals surface area contributed by atoms with E-state index >= 15 is 8.78 Å². The molecule has 2 aliphatic rings. The molecular weight excluding hydrogens is 563 g/mol. The first-order valence-corrected chi connectivity index (χ1v) is 13.5. The van der Waals surface area contributed by atoms with Crippen LogP contribution in [-0.2, 0) is 11.2 Å². The number of likely N-dealkylation sites (N-methyl/N-ethyl adjacent to an activating group) is 1. The molecule has 13 heteroatoms. The molecule has 0 aliphatic carbocycles. The molecule has 3 atom stereocenters. The lowest BCUT2D eigenvalue weighted by Gasteiger charge is -2.42. The van der Waals surface area contributed by atoms with Crippen molar-refractivity contribution in [1.82, 2.24) is 19.7 Å². The van der Waals surface area contributed by atoms with Gasteiger partial charge < -0.3 is 14.1 Å². The third-order valence-corrected chi connectivity index (χ3v) is 7.70. The summed E-state index contributed by atoms with van der Waals surface area (Å²) in [4.78, 5) is 30.6. The molecule has 42 heavy (non-hydrogen) atoms. The molecule has 3 heterocycles. The first-order chi connectivity index (χ1) is 19.8. The molecule has 5 rings (SSSR count). The minimum absolute atomic E-state index is 0.0718. The highest BCUT2D eigenvalue weighted by molar-refractivity contribution is 5.87. The highest BCUT2D eigenvalue weighted by Crippen LogP contribution is 2.44. The van der Waals surface area contributed by atoms with E-state index in [1.54, 1.807) is 20.2 Å². The van der Waals surface area contributed by atoms with Gasteiger partial charge in [-0.2, -0.15) is 13.2 Å². The van der Waals surface area contributed by atoms with E-state index in [0.29, 0.717) is 37.1 Å². The third kappa shape index (κ3) is 6.21. The van der Waals surface area contributed by atoms with Gasteiger partial charge in [0, 0.05) is 69.1 Å². The van der Waals surface area contributed by atoms with Gasteiger partial charge in [-0.05, 0) is 31.4 Å². The van der Waals surface area contributed by atoms with Crippen molar-refractivity contribution in [3.8, 4) is 5.75 Å². The molecule has 2 aromatic carbocycles. The predicted octanol–water partition coefficient (Wildman–Crippen LogP) is 4.40. The number of rotatable bonds is 7. The zero-order valence-corrected chi connectivity index (χ0v) is 23.3. The van der Waals surface area contributed by atoms with Crippen LogP contribution in [0.15, 0.2) is 45.6 Å². The summed E-state index contributed by atoms with van der Waals surface area (Å²) in [6, 6.07) is 2.71. The Kier molecular flexibility index (Phi) is 8.17. The lowest BCUT2D eigenvalue weighted by atomic mass is 9.84. The summed E-state index contributed by atoms with van der Waals surface area (Å²) in [5, 5.41) is 0. The van der Waals surface area contributed by atoms with E-state index in [0.717, 1.165) is 17.0 Å². The van der Waals surface area contributed by atoms with Crippen molar-refractivity contribution in [2.24, 2.45) is 0 Å². The van der Waals surface area contributed by atoms with Crippen molar-refractivity contribution in [3.05, 3.63) is 75.3 Å². The number of nitrogens with zero attached hydrogens (tertiary/aromatic N) is 3. The highest BCUT2D eigenvalue weighted by atomic mass is 19.4. The maximum atomic E-state index is 15.7. The Labute approximate surface area is 238 Å². The average molecular weight is 595 g/mol. The number of aromatic nitrogens is 1. The van der Waals surface area contributed by atoms with Gasteiger partial charge in [0.1, 0.15) is 23.5 Å². The second-order valence-electron chi connectivity index (χ2n) is 11.0. The first-order valence-electron chi connectivity index (χ1n) is 13.5. The molecule has 2 aliphatic heterocycles. The summed E-state index contributed by atoms with van der Waals surface area (Å²) in [5.41, 5.74) is 0.623. The molecule has 1 amide bonds. The molecule has 0 bridgehead atoms. The third-order valence-electron chi connectivity index (χ3n) is 7.70. The summed E-state index contributed by atoms with van der Waals surface area (Å²) in [7, 11) is 3.30. The van der Waals surface area contributed by atoms with Gasteiger partial charge >= 0.3 is 11.9 Å². The maximum Gasteiger partial charge on any atom is 0.417 e. The number of ether oxygens (including phenoxy) is 1. The minimum Gasteiger partial charge on any atom is -0.489 e. The van der Waals surface area contributed by atoms with Crippen LogP contribution in [0, 0.1) is 11.6 Å². The van der Waals surface area contributed by atoms with Crippen molar-refractivity contribution in [3.63, 3.8) is 0 Å². The Balaban J connectivity index is 1.42. The molecule has 1 unspecified atom stereocenters. The van der Waals surface area contributed by atoms with Crippen LogP contribution in [-0.4, -0.2) is 84.2 Å². The van der Waals surface area contributed by atoms with Gasteiger partial charge in [-0.15, -0.1) is 0 Å². The van der Waals surface area contributed by atoms with E-state index in [1.807, 2.05) is 4.90 Å². The molecule has 0 spiro atoms. The number of halogens is 5. The topological polar surface area (TPSA) is 82.0 Å². The number of aromatic amines is 1. The molecular formula is C29H31F5N4O4. The Hall–Kier alpha value is -3.71. The predicted molar refractivity (Wildman–Crippen MR) is 144 cm³/mol. The SMILES string of the molecule is C[C@@H]1Cc2c(ccc3[nH]c(=O)oc23)[C@@H](c2c(F)cc(OC3CCN(C/C=C/C(=O)N(C)C)C3)cc2F)N1CC(F)(F)F. The Bertz CT molecular complexity index is 1540. The van der Waals surface area contributed by atoms with Gasteiger partial charge in [0.15, 0.2) is 5.58 Å². The van der Waals surface area contributed by atoms with Crippen LogP contribution in [0.1, 0.15) is 36.1 Å². The van der Waals surface area contributed by atoms with E-state index in [-0.39, 0.29) is 35.3 Å². The Morgan fingerprint density at radius 1 is 1.21 bits per heavy atom. The molecule has 0 saturated carbocycles. The average Bonchev–Trinajstić information content (AvgIpc) is 3.50. The second-order valence-corrected chi connectivity index (χ2v) is 11.0. The summed E-state index contributed by atoms with van der Waals surface area (Å²) in [6.45, 7) is 1.77. The number of hydrogen-bond acceptors (Lipinski definition) is 6. The van der Waals surface area contributed by atoms with Crippen LogP contribution in [0.3, 0.4) is 0 Å². The smallest absolute Gasteiger partial charge is 0.417 e. The Morgan fingerprint density at radius 3 is 2.60 bits per heavy atom. The standard InChI is InChI=1S/C29H31F5N4O4/c1-16-11-20-19(6-7-23-27(20)42-28(40)35-23)26(38(16)15-29(32,33)34)25-21(30)12-18(13-22(25)31)41-17-8-10-37(14-17)9-4-5-24(39)36(2)3/h4-7,12-13,16-17,26H,8-11,14-15H2,1-3H3,(H,35,40)/b5-4+/t16-,17?,26+/m1/s1. The van der Waals surface area contributed by atoms with Crippen LogP contribution >= 0.6 is 0 Å². The van der Waals surface area contributed by atoms with Gasteiger partial charge in [-0.1, -0.05) is 12.1 Å². The fourth-order valence-electron chi connectivity index (χ4n) is 5.77. The van der Waals surface area contributed by atoms with Crippen molar-refractivity contribution < 1.29 is 35.9 Å². The molecule has 0 radical (unpaired) electrons. The van der Waals surface area contributed by atoms with Crippen molar-refractivity contribution in [2.75, 3.05) is 40.3 Å². The fraction of sp³-hybridized carbons (Fsp3) is 0.448. The van der Waals surface area contributed by atoms with E-state index in [2.05, 4.69) is 4.98 Å². The second kappa shape index (κ2) is 11.5. The van der Waals surface area contributed by atoms with E-state index in [1.165, 1.54) is 30.0 Å². The summed E-state index contributed by atoms with van der Waals surface area (Å²) < 4.78 is 83.6. The number of oxazole rings is 1. The fourth-order valence-corrected chi connectivity index (χ4v) is 5.77. The normalized spacial score (nSPS) is 21.8. The lowest BCUT2D eigenvalue weighted by Crippen LogP contribution is -2.47. The van der Waals surface area contributed by atoms with Gasteiger partial charge in [-0.25, -0.2) is 13.6 Å². The molecule has 226 valence electrons. The van der Waals surface area contributed by atoms with Crippen LogP contribution in [0.25, 0.3) is 11.1 Å². The zero-order chi connectivity index (χ0) is 30.3. The van der Waals surface area contributed by atoms with Gasteiger partial charge in [0.25, 0.3) is 0 Å². The monoisotopic (exact) mass is 594 g/mol. The zero-order valence-electron chi connectivity index (χ0n) is 23.3. The minimum atomic E-state index is -4.63. The molecule has 1 saturated heterocycles. The van der Waals surface area contributed by atoms with Crippen LogP contribution in [0.2, 0.25) is 0 Å². The molecule has 3 aromatic rings. The number of carbonyl (C=O) groups excluding carboxylic acids is 1. The quantitative estimate of drug-likeness (QED) is 0.323. The van der Waals surface area contributed by atoms with E-state index < -0.39 is 47.8 Å². The first kappa shape index (κ1) is 29.8. The van der Waals surface area contributed by atoms with E-state index in [4.69, 9.17) is 9.15 Å². The summed E-state index contributed by atoms with van der Waals surface area (Å²) in [5.74, 6) is -3.03. The van der Waals surface area contributed by atoms with Crippen LogP contribution in [0.5, 0.6) is 5.75 Å². The van der Waals surface area contributed by atoms with Gasteiger partial charge in [-0.3, -0.25) is 19.6 Å². The number of amides is 1. The van der Waals surface area contributed by atoms with Crippen molar-refractivity contribution >= 4 is 17.0 Å². The molecule has 1 N–H and O–H groups in total. The number of fused-ring (bicyclic) bond motifs is 3. The maximum absolute atomic E-state index is 15.7. The molecule has 1 fully saturated rings. The number of nitrogens with one attached hydrogen (secondary N) is 1. The van der Waals surface area contributed by atoms with Gasteiger partial charge in [0.05, 0.1) is 18.1 Å². The number of benzene rings is 2. The van der Waals surface area contributed by atoms with E-state index in [9.17, 15) is 22.8 Å². The number of likely N-dealkylation sites (tertiary alicyclic amines) is 1. The lowest BCUT2D eigenvalue weighted by molar-refractivity contribution is -0.155. The summed E-state index contributed by atoms with van der Waals surface area (Å²) in [6.07, 6.45) is -1.12. The number of alkyl halides is 3. The number of H-pyrrole nitrogens is 1. The number of carbonyl (C=O) groups is 1.